The van der Waals surface area contributed by atoms with Gasteiger partial charge in [-0.25, -0.2) is 0 Å². The zero-order valence-electron chi connectivity index (χ0n) is 14.2. The standard InChI is InChI=1S/C10H16O4S.C6H11NO2/c1-9(2)7-3-4-10(9,8(11)5-7)6-15(12,13)14;8-6(9)5-2-1-3-7-4-5/h7H,3-6H2,1-2H3,(H,12,13,14);5,7H,1-4H2,(H,8,9)/t7-,10-;5-/m10/s1. The predicted octanol–water partition coefficient (Wildman–Crippen LogP) is 1.34. The molecular weight excluding hydrogens is 334 g/mol. The van der Waals surface area contributed by atoms with E-state index in [0.717, 1.165) is 25.8 Å². The van der Waals surface area contributed by atoms with Crippen molar-refractivity contribution in [1.29, 1.82) is 0 Å². The number of fused-ring (bicyclic) bond motifs is 2. The molecule has 0 unspecified atom stereocenters. The highest BCUT2D eigenvalue weighted by Crippen LogP contribution is 2.64. The first-order chi connectivity index (χ1) is 11.0. The Morgan fingerprint density at radius 1 is 1.33 bits per heavy atom. The van der Waals surface area contributed by atoms with Crippen molar-refractivity contribution in [1.82, 2.24) is 5.32 Å². The molecule has 2 saturated carbocycles. The maximum absolute atomic E-state index is 11.9. The van der Waals surface area contributed by atoms with Crippen LogP contribution in [-0.4, -0.2) is 48.7 Å². The second-order valence-corrected chi connectivity index (χ2v) is 9.23. The van der Waals surface area contributed by atoms with E-state index in [4.69, 9.17) is 9.66 Å². The van der Waals surface area contributed by atoms with Gasteiger partial charge in [-0.05, 0) is 43.6 Å². The first kappa shape index (κ1) is 19.3. The molecule has 3 atom stereocenters. The van der Waals surface area contributed by atoms with Crippen molar-refractivity contribution in [2.24, 2.45) is 22.7 Å². The largest absolute Gasteiger partial charge is 0.481 e. The van der Waals surface area contributed by atoms with Gasteiger partial charge in [-0.3, -0.25) is 14.1 Å². The maximum Gasteiger partial charge on any atom is 0.307 e. The first-order valence-electron chi connectivity index (χ1n) is 8.41. The molecule has 24 heavy (non-hydrogen) atoms. The summed E-state index contributed by atoms with van der Waals surface area (Å²) in [5.74, 6) is -0.906. The molecule has 0 aromatic rings. The zero-order chi connectivity index (χ0) is 18.2. The van der Waals surface area contributed by atoms with Gasteiger partial charge in [-0.2, -0.15) is 8.42 Å². The zero-order valence-corrected chi connectivity index (χ0v) is 15.1. The van der Waals surface area contributed by atoms with Crippen LogP contribution in [0.25, 0.3) is 0 Å². The van der Waals surface area contributed by atoms with Crippen LogP contribution in [0.4, 0.5) is 0 Å². The number of carbonyl (C=O) groups excluding carboxylic acids is 1. The van der Waals surface area contributed by atoms with Gasteiger partial charge in [0.2, 0.25) is 0 Å². The molecule has 0 spiro atoms. The molecule has 1 aliphatic heterocycles. The Kier molecular flexibility index (Phi) is 5.42. The fraction of sp³-hybridized carbons (Fsp3) is 0.875. The molecule has 7 nitrogen and oxygen atoms in total. The van der Waals surface area contributed by atoms with Crippen molar-refractivity contribution in [2.45, 2.75) is 46.0 Å². The number of hydrogen-bond acceptors (Lipinski definition) is 5. The van der Waals surface area contributed by atoms with Gasteiger partial charge in [0.05, 0.1) is 17.1 Å². The molecule has 3 aliphatic rings. The normalized spacial score (nSPS) is 34.5. The monoisotopic (exact) mass is 361 g/mol. The van der Waals surface area contributed by atoms with Crippen molar-refractivity contribution in [3.63, 3.8) is 0 Å². The average molecular weight is 361 g/mol. The minimum absolute atomic E-state index is 0.0152. The molecule has 1 heterocycles. The van der Waals surface area contributed by atoms with Gasteiger partial charge < -0.3 is 10.4 Å². The van der Waals surface area contributed by atoms with E-state index in [1.165, 1.54) is 0 Å². The van der Waals surface area contributed by atoms with Crippen molar-refractivity contribution in [3.8, 4) is 0 Å². The Morgan fingerprint density at radius 2 is 2.00 bits per heavy atom. The third-order valence-corrected chi connectivity index (χ3v) is 7.07. The SMILES string of the molecule is CC1(C)[C@@H]2CC[C@@]1(CS(=O)(=O)O)C(=O)C2.O=C(O)[C@H]1CCCNC1. The highest BCUT2D eigenvalue weighted by atomic mass is 32.2. The summed E-state index contributed by atoms with van der Waals surface area (Å²) in [6.45, 7) is 5.51. The van der Waals surface area contributed by atoms with Crippen LogP contribution in [0.1, 0.15) is 46.0 Å². The number of carboxylic acids is 1. The summed E-state index contributed by atoms with van der Waals surface area (Å²) in [7, 11) is -4.08. The molecule has 8 heteroatoms. The van der Waals surface area contributed by atoms with E-state index in [9.17, 15) is 18.0 Å². The lowest BCUT2D eigenvalue weighted by Gasteiger charge is -2.35. The molecule has 3 fully saturated rings. The van der Waals surface area contributed by atoms with Crippen LogP contribution < -0.4 is 5.32 Å². The van der Waals surface area contributed by atoms with E-state index < -0.39 is 27.3 Å². The molecule has 3 N–H and O–H groups in total. The van der Waals surface area contributed by atoms with Crippen molar-refractivity contribution in [3.05, 3.63) is 0 Å². The Balaban J connectivity index is 0.000000198. The van der Waals surface area contributed by atoms with Gasteiger partial charge in [0.15, 0.2) is 0 Å². The van der Waals surface area contributed by atoms with Crippen molar-refractivity contribution >= 4 is 21.9 Å². The molecule has 0 amide bonds. The Labute approximate surface area is 142 Å². The van der Waals surface area contributed by atoms with E-state index >= 15 is 0 Å². The number of ketones is 1. The Hall–Kier alpha value is -0.990. The first-order valence-corrected chi connectivity index (χ1v) is 10.0. The van der Waals surface area contributed by atoms with Crippen LogP contribution in [0.3, 0.4) is 0 Å². The Morgan fingerprint density at radius 3 is 2.33 bits per heavy atom. The summed E-state index contributed by atoms with van der Waals surface area (Å²) < 4.78 is 31.0. The third kappa shape index (κ3) is 3.65. The summed E-state index contributed by atoms with van der Waals surface area (Å²) in [5, 5.41) is 11.5. The van der Waals surface area contributed by atoms with Crippen molar-refractivity contribution in [2.75, 3.05) is 18.8 Å². The van der Waals surface area contributed by atoms with Crippen LogP contribution in [0.15, 0.2) is 0 Å². The van der Waals surface area contributed by atoms with E-state index in [2.05, 4.69) is 5.32 Å². The number of aliphatic carboxylic acids is 1. The average Bonchev–Trinajstić information content (AvgIpc) is 2.81. The van der Waals surface area contributed by atoms with Crippen molar-refractivity contribution < 1.29 is 27.7 Å². The second-order valence-electron chi connectivity index (χ2n) is 7.77. The number of carboxylic acid groups (broad SMARTS) is 1. The minimum atomic E-state index is -4.08. The quantitative estimate of drug-likeness (QED) is 0.649. The van der Waals surface area contributed by atoms with E-state index in [1.54, 1.807) is 0 Å². The van der Waals surface area contributed by atoms with Gasteiger partial charge in [0.1, 0.15) is 5.78 Å². The van der Waals surface area contributed by atoms with Gasteiger partial charge in [0.25, 0.3) is 10.1 Å². The van der Waals surface area contributed by atoms with Gasteiger partial charge in [-0.1, -0.05) is 13.8 Å². The number of Topliss-reactive ketones (excluding diaryl/α,β-unsaturated/α-hetero) is 1. The predicted molar refractivity (Wildman–Crippen MR) is 88.2 cm³/mol. The lowest BCUT2D eigenvalue weighted by molar-refractivity contribution is -0.142. The minimum Gasteiger partial charge on any atom is -0.481 e. The third-order valence-electron chi connectivity index (χ3n) is 6.21. The molecule has 0 aromatic carbocycles. The summed E-state index contributed by atoms with van der Waals surface area (Å²) >= 11 is 0. The number of piperidine rings is 1. The van der Waals surface area contributed by atoms with Crippen LogP contribution >= 0.6 is 0 Å². The molecule has 138 valence electrons. The van der Waals surface area contributed by atoms with Gasteiger partial charge >= 0.3 is 5.97 Å². The van der Waals surface area contributed by atoms with Crippen LogP contribution in [0.2, 0.25) is 0 Å². The molecule has 2 bridgehead atoms. The summed E-state index contributed by atoms with van der Waals surface area (Å²) in [6.07, 6.45) is 3.80. The number of nitrogens with one attached hydrogen (secondary N) is 1. The summed E-state index contributed by atoms with van der Waals surface area (Å²) in [5.41, 5.74) is -1.12. The fourth-order valence-electron chi connectivity index (χ4n) is 4.48. The highest BCUT2D eigenvalue weighted by molar-refractivity contribution is 7.85. The van der Waals surface area contributed by atoms with Gasteiger partial charge in [0, 0.05) is 13.0 Å². The molecule has 2 aliphatic carbocycles. The topological polar surface area (TPSA) is 121 Å². The number of carbonyl (C=O) groups is 2. The molecule has 1 saturated heterocycles. The van der Waals surface area contributed by atoms with Crippen LogP contribution in [-0.2, 0) is 19.7 Å². The lowest BCUT2D eigenvalue weighted by atomic mass is 9.70. The molecular formula is C16H27NO6S. The number of rotatable bonds is 3. The lowest BCUT2D eigenvalue weighted by Crippen LogP contribution is -2.42. The van der Waals surface area contributed by atoms with E-state index in [1.807, 2.05) is 13.8 Å². The number of hydrogen-bond donors (Lipinski definition) is 3. The fourth-order valence-corrected chi connectivity index (χ4v) is 5.78. The van der Waals surface area contributed by atoms with Gasteiger partial charge in [-0.15, -0.1) is 0 Å². The summed E-state index contributed by atoms with van der Waals surface area (Å²) in [4.78, 5) is 22.2. The van der Waals surface area contributed by atoms with E-state index in [0.29, 0.717) is 19.4 Å². The summed E-state index contributed by atoms with van der Waals surface area (Å²) in [6, 6.07) is 0. The molecule has 3 rings (SSSR count). The molecule has 0 radical (unpaired) electrons. The van der Waals surface area contributed by atoms with E-state index in [-0.39, 0.29) is 23.0 Å². The molecule has 0 aromatic heterocycles. The smallest absolute Gasteiger partial charge is 0.307 e. The highest BCUT2D eigenvalue weighted by Gasteiger charge is 2.65. The van der Waals surface area contributed by atoms with Crippen LogP contribution in [0.5, 0.6) is 0 Å². The second kappa shape index (κ2) is 6.72. The Bertz CT molecular complexity index is 608. The van der Waals surface area contributed by atoms with Crippen LogP contribution in [0, 0.1) is 22.7 Å². The maximum atomic E-state index is 11.9.